The van der Waals surface area contributed by atoms with Crippen LogP contribution in [0.25, 0.3) is 10.9 Å². The van der Waals surface area contributed by atoms with E-state index in [4.69, 9.17) is 33.7 Å². The first-order valence-electron chi connectivity index (χ1n) is 8.78. The monoisotopic (exact) mass is 417 g/mol. The maximum atomic E-state index is 12.2. The maximum Gasteiger partial charge on any atom is 0.243 e. The number of nitrogens with zero attached hydrogens (tertiary/aromatic N) is 2. The number of amides is 1. The smallest absolute Gasteiger partial charge is 0.243 e. The lowest BCUT2D eigenvalue weighted by Gasteiger charge is -2.22. The molecule has 0 bridgehead atoms. The highest BCUT2D eigenvalue weighted by Crippen LogP contribution is 2.35. The van der Waals surface area contributed by atoms with Gasteiger partial charge in [0.1, 0.15) is 17.9 Å². The number of hydrogen-bond donors (Lipinski definition) is 1. The molecular formula is C21H21Cl2N3O2. The van der Waals surface area contributed by atoms with Crippen LogP contribution in [0.4, 0.5) is 5.69 Å². The molecule has 0 fully saturated rings. The van der Waals surface area contributed by atoms with E-state index in [-0.39, 0.29) is 12.5 Å². The average molecular weight is 418 g/mol. The summed E-state index contributed by atoms with van der Waals surface area (Å²) in [7, 11) is 1.63. The van der Waals surface area contributed by atoms with Crippen LogP contribution >= 0.6 is 23.2 Å². The summed E-state index contributed by atoms with van der Waals surface area (Å²) in [6.07, 6.45) is 0. The van der Waals surface area contributed by atoms with E-state index in [0.29, 0.717) is 27.0 Å². The molecule has 0 aliphatic carbocycles. The highest BCUT2D eigenvalue weighted by atomic mass is 35.5. The molecule has 0 saturated carbocycles. The van der Waals surface area contributed by atoms with Gasteiger partial charge in [0.2, 0.25) is 5.91 Å². The van der Waals surface area contributed by atoms with E-state index in [2.05, 4.69) is 4.98 Å². The molecule has 1 aromatic heterocycles. The molecule has 1 amide bonds. The van der Waals surface area contributed by atoms with Crippen molar-refractivity contribution in [1.29, 1.82) is 0 Å². The second kappa shape index (κ2) is 8.35. The van der Waals surface area contributed by atoms with Gasteiger partial charge in [-0.15, -0.1) is 0 Å². The predicted octanol–water partition coefficient (Wildman–Crippen LogP) is 4.74. The number of aryl methyl sites for hydroxylation is 1. The molecule has 0 unspecified atom stereocenters. The van der Waals surface area contributed by atoms with Crippen molar-refractivity contribution in [2.24, 2.45) is 5.73 Å². The fourth-order valence-electron chi connectivity index (χ4n) is 2.88. The van der Waals surface area contributed by atoms with Gasteiger partial charge in [-0.25, -0.2) is 4.98 Å². The van der Waals surface area contributed by atoms with Gasteiger partial charge in [-0.2, -0.15) is 0 Å². The normalized spacial score (nSPS) is 12.1. The number of para-hydroxylation sites is 1. The fourth-order valence-corrected chi connectivity index (χ4v) is 3.49. The van der Waals surface area contributed by atoms with Crippen LogP contribution in [-0.2, 0) is 11.4 Å². The molecule has 146 valence electrons. The third-order valence-electron chi connectivity index (χ3n) is 4.44. The van der Waals surface area contributed by atoms with Crippen LogP contribution in [0.5, 0.6) is 5.75 Å². The predicted molar refractivity (Wildman–Crippen MR) is 114 cm³/mol. The van der Waals surface area contributed by atoms with Crippen molar-refractivity contribution in [2.45, 2.75) is 26.5 Å². The van der Waals surface area contributed by atoms with Crippen LogP contribution in [-0.4, -0.2) is 24.0 Å². The van der Waals surface area contributed by atoms with Gasteiger partial charge in [-0.05, 0) is 38.1 Å². The molecule has 1 atom stereocenters. The number of pyridine rings is 1. The van der Waals surface area contributed by atoms with Crippen LogP contribution in [0, 0.1) is 6.92 Å². The number of fused-ring (bicyclic) bond motifs is 1. The van der Waals surface area contributed by atoms with Crippen LogP contribution < -0.4 is 15.4 Å². The van der Waals surface area contributed by atoms with Gasteiger partial charge in [0.15, 0.2) is 0 Å². The Labute approximate surface area is 174 Å². The Hall–Kier alpha value is -2.34. The van der Waals surface area contributed by atoms with Gasteiger partial charge in [0.25, 0.3) is 0 Å². The third-order valence-corrected chi connectivity index (χ3v) is 5.22. The SMILES string of the molecule is Cc1ccc2cccc(OCc3c(Cl)ccc(N(C)C(=O)[C@H](C)N)c3Cl)c2n1. The molecule has 3 aromatic rings. The summed E-state index contributed by atoms with van der Waals surface area (Å²) in [4.78, 5) is 18.2. The Kier molecular flexibility index (Phi) is 6.08. The number of rotatable bonds is 5. The van der Waals surface area contributed by atoms with Crippen molar-refractivity contribution in [3.63, 3.8) is 0 Å². The molecule has 2 N–H and O–H groups in total. The zero-order chi connectivity index (χ0) is 20.4. The molecular weight excluding hydrogens is 397 g/mol. The lowest BCUT2D eigenvalue weighted by Crippen LogP contribution is -2.40. The molecule has 28 heavy (non-hydrogen) atoms. The average Bonchev–Trinajstić information content (AvgIpc) is 2.66. The first-order valence-corrected chi connectivity index (χ1v) is 9.54. The summed E-state index contributed by atoms with van der Waals surface area (Å²) < 4.78 is 6.01. The standard InChI is InChI=1S/C21H21Cl2N3O2/c1-12-7-8-14-5-4-6-18(20(14)25-12)28-11-15-16(22)9-10-17(19(15)23)26(3)21(27)13(2)24/h4-10,13H,11,24H2,1-3H3/t13-/m0/s1. The van der Waals surface area contributed by atoms with E-state index in [1.54, 1.807) is 26.1 Å². The van der Waals surface area contributed by atoms with Crippen molar-refractivity contribution in [1.82, 2.24) is 4.98 Å². The van der Waals surface area contributed by atoms with Crippen LogP contribution in [0.1, 0.15) is 18.2 Å². The molecule has 1 heterocycles. The number of benzene rings is 2. The Bertz CT molecular complexity index is 1040. The van der Waals surface area contributed by atoms with E-state index in [1.807, 2.05) is 37.3 Å². The molecule has 0 spiro atoms. The van der Waals surface area contributed by atoms with Crippen LogP contribution in [0.15, 0.2) is 42.5 Å². The van der Waals surface area contributed by atoms with Gasteiger partial charge in [-0.3, -0.25) is 4.79 Å². The molecule has 0 aliphatic rings. The molecule has 0 radical (unpaired) electrons. The number of anilines is 1. The summed E-state index contributed by atoms with van der Waals surface area (Å²) in [5.41, 5.74) is 8.49. The Morgan fingerprint density at radius 2 is 1.96 bits per heavy atom. The molecule has 7 heteroatoms. The minimum atomic E-state index is -0.638. The Morgan fingerprint density at radius 3 is 2.68 bits per heavy atom. The molecule has 0 saturated heterocycles. The fraction of sp³-hybridized carbons (Fsp3) is 0.238. The van der Waals surface area contributed by atoms with E-state index >= 15 is 0 Å². The van der Waals surface area contributed by atoms with E-state index in [9.17, 15) is 4.79 Å². The van der Waals surface area contributed by atoms with Crippen molar-refractivity contribution in [2.75, 3.05) is 11.9 Å². The van der Waals surface area contributed by atoms with Gasteiger partial charge in [-0.1, -0.05) is 41.4 Å². The minimum Gasteiger partial charge on any atom is -0.487 e. The summed E-state index contributed by atoms with van der Waals surface area (Å²) >= 11 is 12.9. The van der Waals surface area contributed by atoms with Crippen LogP contribution in [0.2, 0.25) is 10.0 Å². The molecule has 2 aromatic carbocycles. The van der Waals surface area contributed by atoms with Gasteiger partial charge >= 0.3 is 0 Å². The summed E-state index contributed by atoms with van der Waals surface area (Å²) in [5, 5.41) is 1.80. The number of carbonyl (C=O) groups is 1. The lowest BCUT2D eigenvalue weighted by atomic mass is 10.1. The highest BCUT2D eigenvalue weighted by Gasteiger charge is 2.20. The number of aromatic nitrogens is 1. The number of ether oxygens (including phenoxy) is 1. The van der Waals surface area contributed by atoms with Crippen molar-refractivity contribution in [3.8, 4) is 5.75 Å². The van der Waals surface area contributed by atoms with Crippen molar-refractivity contribution in [3.05, 3.63) is 63.8 Å². The highest BCUT2D eigenvalue weighted by molar-refractivity contribution is 6.38. The van der Waals surface area contributed by atoms with E-state index in [0.717, 1.165) is 16.6 Å². The Morgan fingerprint density at radius 1 is 1.21 bits per heavy atom. The van der Waals surface area contributed by atoms with Crippen LogP contribution in [0.3, 0.4) is 0 Å². The summed E-state index contributed by atoms with van der Waals surface area (Å²) in [6.45, 7) is 3.70. The summed E-state index contributed by atoms with van der Waals surface area (Å²) in [6, 6.07) is 12.4. The third kappa shape index (κ3) is 4.07. The molecule has 5 nitrogen and oxygen atoms in total. The number of hydrogen-bond acceptors (Lipinski definition) is 4. The zero-order valence-corrected chi connectivity index (χ0v) is 17.4. The topological polar surface area (TPSA) is 68.5 Å². The number of nitrogens with two attached hydrogens (primary N) is 1. The lowest BCUT2D eigenvalue weighted by molar-refractivity contribution is -0.119. The second-order valence-electron chi connectivity index (χ2n) is 6.61. The van der Waals surface area contributed by atoms with Crippen molar-refractivity contribution < 1.29 is 9.53 Å². The minimum absolute atomic E-state index is 0.139. The molecule has 0 aliphatic heterocycles. The first kappa shape index (κ1) is 20.4. The van der Waals surface area contributed by atoms with E-state index in [1.165, 1.54) is 4.90 Å². The summed E-state index contributed by atoms with van der Waals surface area (Å²) in [5.74, 6) is 0.392. The van der Waals surface area contributed by atoms with E-state index < -0.39 is 6.04 Å². The first-order chi connectivity index (χ1) is 13.3. The number of halogens is 2. The number of carbonyl (C=O) groups excluding carboxylic acids is 1. The second-order valence-corrected chi connectivity index (χ2v) is 7.40. The molecule has 3 rings (SSSR count). The van der Waals surface area contributed by atoms with Gasteiger partial charge in [0, 0.05) is 28.7 Å². The Balaban J connectivity index is 1.92. The van der Waals surface area contributed by atoms with Gasteiger partial charge < -0.3 is 15.4 Å². The zero-order valence-electron chi connectivity index (χ0n) is 15.9. The number of likely N-dealkylation sites (N-methyl/N-ethyl adjacent to an activating group) is 1. The van der Waals surface area contributed by atoms with Crippen molar-refractivity contribution >= 4 is 45.7 Å². The quantitative estimate of drug-likeness (QED) is 0.650. The largest absolute Gasteiger partial charge is 0.487 e. The van der Waals surface area contributed by atoms with Gasteiger partial charge in [0.05, 0.1) is 16.8 Å². The maximum absolute atomic E-state index is 12.2.